The molecule has 1 N–H and O–H groups in total. The first-order valence-electron chi connectivity index (χ1n) is 10.2. The van der Waals surface area contributed by atoms with Gasteiger partial charge in [-0.2, -0.15) is 0 Å². The monoisotopic (exact) mass is 468 g/mol. The highest BCUT2D eigenvalue weighted by Crippen LogP contribution is 2.33. The molecule has 0 spiro atoms. The normalized spacial score (nSPS) is 12.3. The highest BCUT2D eigenvalue weighted by Gasteiger charge is 2.25. The summed E-state index contributed by atoms with van der Waals surface area (Å²) in [5.41, 5.74) is 2.18. The van der Waals surface area contributed by atoms with Crippen LogP contribution >= 0.6 is 0 Å². The van der Waals surface area contributed by atoms with Gasteiger partial charge in [-0.3, -0.25) is 9.10 Å². The van der Waals surface area contributed by atoms with Crippen molar-refractivity contribution < 1.29 is 27.4 Å². The number of benzene rings is 3. The molecular weight excluding hydrogens is 444 g/mol. The molecule has 4 rings (SSSR count). The van der Waals surface area contributed by atoms with Gasteiger partial charge in [0.25, 0.3) is 15.9 Å². The van der Waals surface area contributed by atoms with Crippen molar-refractivity contribution >= 4 is 21.6 Å². The number of rotatable bonds is 7. The Hall–Kier alpha value is -3.72. The molecule has 0 radical (unpaired) electrons. The topological polar surface area (TPSA) is 94.2 Å². The fourth-order valence-electron chi connectivity index (χ4n) is 3.51. The summed E-state index contributed by atoms with van der Waals surface area (Å²) in [4.78, 5) is 12.9. The van der Waals surface area contributed by atoms with Gasteiger partial charge in [-0.05, 0) is 54.4 Å². The maximum Gasteiger partial charge on any atom is 0.264 e. The molecule has 3 aromatic carbocycles. The van der Waals surface area contributed by atoms with Gasteiger partial charge in [-0.15, -0.1) is 0 Å². The molecule has 0 saturated heterocycles. The SMILES string of the molecule is COc1ccccc1N(C)S(=O)(=O)c1ccc(C)c(C(=O)NCc2ccc3c(c2)OCO3)c1. The number of sulfonamides is 1. The third-order valence-corrected chi connectivity index (χ3v) is 7.19. The van der Waals surface area contributed by atoms with Crippen LogP contribution in [-0.4, -0.2) is 35.3 Å². The van der Waals surface area contributed by atoms with Gasteiger partial charge in [-0.25, -0.2) is 8.42 Å². The Morgan fingerprint density at radius 1 is 1.06 bits per heavy atom. The molecule has 9 heteroatoms. The molecule has 0 fully saturated rings. The van der Waals surface area contributed by atoms with Gasteiger partial charge in [0.15, 0.2) is 11.5 Å². The molecule has 1 heterocycles. The minimum absolute atomic E-state index is 0.00901. The summed E-state index contributed by atoms with van der Waals surface area (Å²) in [7, 11) is -0.998. The quantitative estimate of drug-likeness (QED) is 0.571. The zero-order chi connectivity index (χ0) is 23.6. The fraction of sp³-hybridized carbons (Fsp3) is 0.208. The van der Waals surface area contributed by atoms with Crippen LogP contribution in [0.4, 0.5) is 5.69 Å². The Balaban J connectivity index is 1.56. The summed E-state index contributed by atoms with van der Waals surface area (Å²) in [5.74, 6) is 1.35. The second-order valence-electron chi connectivity index (χ2n) is 7.49. The maximum atomic E-state index is 13.3. The molecule has 0 aromatic heterocycles. The summed E-state index contributed by atoms with van der Waals surface area (Å²) >= 11 is 0. The van der Waals surface area contributed by atoms with Crippen LogP contribution < -0.4 is 23.8 Å². The molecule has 1 aliphatic heterocycles. The van der Waals surface area contributed by atoms with Gasteiger partial charge < -0.3 is 19.5 Å². The Kier molecular flexibility index (Phi) is 6.15. The Bertz CT molecular complexity index is 1310. The van der Waals surface area contributed by atoms with Crippen molar-refractivity contribution in [3.05, 3.63) is 77.4 Å². The smallest absolute Gasteiger partial charge is 0.264 e. The number of amides is 1. The zero-order valence-electron chi connectivity index (χ0n) is 18.5. The molecule has 0 atom stereocenters. The van der Waals surface area contributed by atoms with E-state index in [4.69, 9.17) is 14.2 Å². The van der Waals surface area contributed by atoms with Crippen molar-refractivity contribution in [3.63, 3.8) is 0 Å². The average Bonchev–Trinajstić information content (AvgIpc) is 3.30. The minimum Gasteiger partial charge on any atom is -0.495 e. The first-order chi connectivity index (χ1) is 15.8. The lowest BCUT2D eigenvalue weighted by molar-refractivity contribution is 0.0950. The maximum absolute atomic E-state index is 13.3. The summed E-state index contributed by atoms with van der Waals surface area (Å²) in [5, 5.41) is 2.84. The van der Waals surface area contributed by atoms with E-state index in [1.165, 1.54) is 26.3 Å². The van der Waals surface area contributed by atoms with Crippen LogP contribution in [0.25, 0.3) is 0 Å². The lowest BCUT2D eigenvalue weighted by Gasteiger charge is -2.22. The highest BCUT2D eigenvalue weighted by atomic mass is 32.2. The predicted octanol–water partition coefficient (Wildman–Crippen LogP) is 3.49. The van der Waals surface area contributed by atoms with Gasteiger partial charge in [0.1, 0.15) is 5.75 Å². The van der Waals surface area contributed by atoms with Crippen molar-refractivity contribution in [1.29, 1.82) is 0 Å². The molecule has 0 unspecified atom stereocenters. The first-order valence-corrected chi connectivity index (χ1v) is 11.6. The van der Waals surface area contributed by atoms with Gasteiger partial charge in [0.2, 0.25) is 6.79 Å². The molecule has 0 aliphatic carbocycles. The Morgan fingerprint density at radius 2 is 1.82 bits per heavy atom. The van der Waals surface area contributed by atoms with Crippen LogP contribution in [0.2, 0.25) is 0 Å². The summed E-state index contributed by atoms with van der Waals surface area (Å²) in [6.07, 6.45) is 0. The summed E-state index contributed by atoms with van der Waals surface area (Å²) in [6, 6.07) is 16.8. The molecular formula is C24H24N2O6S. The number of aryl methyl sites for hydroxylation is 1. The number of nitrogens with zero attached hydrogens (tertiary/aromatic N) is 1. The number of methoxy groups -OCH3 is 1. The van der Waals surface area contributed by atoms with Gasteiger partial charge in [0.05, 0.1) is 17.7 Å². The van der Waals surface area contributed by atoms with Gasteiger partial charge in [-0.1, -0.05) is 24.3 Å². The van der Waals surface area contributed by atoms with Crippen LogP contribution in [-0.2, 0) is 16.6 Å². The molecule has 0 bridgehead atoms. The van der Waals surface area contributed by atoms with Crippen molar-refractivity contribution in [2.75, 3.05) is 25.3 Å². The van der Waals surface area contributed by atoms with Crippen LogP contribution in [0.1, 0.15) is 21.5 Å². The fourth-order valence-corrected chi connectivity index (χ4v) is 4.74. The third kappa shape index (κ3) is 4.45. The lowest BCUT2D eigenvalue weighted by Crippen LogP contribution is -2.28. The van der Waals surface area contributed by atoms with Crippen LogP contribution in [0.15, 0.2) is 65.6 Å². The van der Waals surface area contributed by atoms with Crippen LogP contribution in [0, 0.1) is 6.92 Å². The van der Waals surface area contributed by atoms with E-state index in [9.17, 15) is 13.2 Å². The van der Waals surface area contributed by atoms with Crippen LogP contribution in [0.5, 0.6) is 17.2 Å². The van der Waals surface area contributed by atoms with Crippen molar-refractivity contribution in [1.82, 2.24) is 5.32 Å². The first kappa shape index (κ1) is 22.5. The van der Waals surface area contributed by atoms with Gasteiger partial charge in [0, 0.05) is 19.2 Å². The number of fused-ring (bicyclic) bond motifs is 1. The number of ether oxygens (including phenoxy) is 3. The minimum atomic E-state index is -3.93. The van der Waals surface area contributed by atoms with E-state index < -0.39 is 10.0 Å². The number of nitrogens with one attached hydrogen (secondary N) is 1. The van der Waals surface area contributed by atoms with Gasteiger partial charge >= 0.3 is 0 Å². The second kappa shape index (κ2) is 9.03. The summed E-state index contributed by atoms with van der Waals surface area (Å²) < 4.78 is 43.7. The molecule has 1 aliphatic rings. The van der Waals surface area contributed by atoms with E-state index in [-0.39, 0.29) is 29.7 Å². The molecule has 3 aromatic rings. The number of anilines is 1. The van der Waals surface area contributed by atoms with E-state index >= 15 is 0 Å². The third-order valence-electron chi connectivity index (χ3n) is 5.43. The molecule has 0 saturated carbocycles. The van der Waals surface area contributed by atoms with Crippen LogP contribution in [0.3, 0.4) is 0 Å². The lowest BCUT2D eigenvalue weighted by atomic mass is 10.1. The Labute approximate surface area is 192 Å². The van der Waals surface area contributed by atoms with E-state index in [2.05, 4.69) is 5.32 Å². The van der Waals surface area contributed by atoms with E-state index in [0.717, 1.165) is 9.87 Å². The number of hydrogen-bond donors (Lipinski definition) is 1. The Morgan fingerprint density at radius 3 is 2.61 bits per heavy atom. The van der Waals surface area contributed by atoms with E-state index in [1.54, 1.807) is 49.4 Å². The molecule has 33 heavy (non-hydrogen) atoms. The largest absolute Gasteiger partial charge is 0.495 e. The van der Waals surface area contributed by atoms with E-state index in [1.807, 2.05) is 6.07 Å². The summed E-state index contributed by atoms with van der Waals surface area (Å²) in [6.45, 7) is 2.19. The second-order valence-corrected chi connectivity index (χ2v) is 9.46. The van der Waals surface area contributed by atoms with Crippen molar-refractivity contribution in [3.8, 4) is 17.2 Å². The zero-order valence-corrected chi connectivity index (χ0v) is 19.3. The number of hydrogen-bond acceptors (Lipinski definition) is 6. The number of para-hydroxylation sites is 2. The number of carbonyl (C=O) groups excluding carboxylic acids is 1. The van der Waals surface area contributed by atoms with E-state index in [0.29, 0.717) is 28.5 Å². The molecule has 8 nitrogen and oxygen atoms in total. The number of carbonyl (C=O) groups is 1. The standard InChI is InChI=1S/C24H24N2O6S/c1-16-8-10-18(33(28,29)26(2)20-6-4-5-7-21(20)30-3)13-19(16)24(27)25-14-17-9-11-22-23(12-17)32-15-31-22/h4-13H,14-15H2,1-3H3,(H,25,27). The molecule has 1 amide bonds. The van der Waals surface area contributed by atoms with Crippen molar-refractivity contribution in [2.24, 2.45) is 0 Å². The average molecular weight is 469 g/mol. The molecule has 172 valence electrons. The van der Waals surface area contributed by atoms with Crippen molar-refractivity contribution in [2.45, 2.75) is 18.4 Å². The highest BCUT2D eigenvalue weighted by molar-refractivity contribution is 7.92. The predicted molar refractivity (Wildman–Crippen MR) is 123 cm³/mol.